The summed E-state index contributed by atoms with van der Waals surface area (Å²) >= 11 is 2.77. The standard InChI is InChI=1S/C12H16BrNO3S/c1-9(2)18(16,17)11-5-3-10(4-6-11)7-8-14-12(13)15/h3-6,9H,7-8H2,1-2H3,(H,14,15). The minimum Gasteiger partial charge on any atom is -0.346 e. The SMILES string of the molecule is CC(C)S(=O)(=O)c1ccc(CCNC(=O)Br)cc1. The molecule has 0 saturated heterocycles. The van der Waals surface area contributed by atoms with E-state index in [1.807, 2.05) is 0 Å². The van der Waals surface area contributed by atoms with Crippen LogP contribution in [0.25, 0.3) is 0 Å². The van der Waals surface area contributed by atoms with Gasteiger partial charge in [-0.05, 0) is 38.0 Å². The molecule has 1 aromatic rings. The van der Waals surface area contributed by atoms with E-state index in [1.54, 1.807) is 38.1 Å². The fourth-order valence-electron chi connectivity index (χ4n) is 1.42. The highest BCUT2D eigenvalue weighted by atomic mass is 79.9. The van der Waals surface area contributed by atoms with Crippen molar-refractivity contribution in [1.82, 2.24) is 5.32 Å². The third-order valence-electron chi connectivity index (χ3n) is 2.55. The van der Waals surface area contributed by atoms with Gasteiger partial charge in [-0.15, -0.1) is 0 Å². The fraction of sp³-hybridized carbons (Fsp3) is 0.417. The van der Waals surface area contributed by atoms with Gasteiger partial charge in [0.05, 0.1) is 10.1 Å². The summed E-state index contributed by atoms with van der Waals surface area (Å²) in [6.07, 6.45) is 0.666. The van der Waals surface area contributed by atoms with Crippen LogP contribution < -0.4 is 5.32 Å². The number of amides is 1. The molecule has 0 aliphatic carbocycles. The molecule has 0 fully saturated rings. The molecule has 1 N–H and O–H groups in total. The highest BCUT2D eigenvalue weighted by Gasteiger charge is 2.18. The number of halogens is 1. The van der Waals surface area contributed by atoms with Gasteiger partial charge in [0, 0.05) is 22.5 Å². The zero-order valence-corrected chi connectivity index (χ0v) is 12.7. The molecular formula is C12H16BrNO3S. The third kappa shape index (κ3) is 4.10. The van der Waals surface area contributed by atoms with Gasteiger partial charge in [-0.3, -0.25) is 4.79 Å². The van der Waals surface area contributed by atoms with E-state index in [9.17, 15) is 13.2 Å². The number of benzene rings is 1. The van der Waals surface area contributed by atoms with Crippen molar-refractivity contribution in [3.8, 4) is 0 Å². The maximum Gasteiger partial charge on any atom is 0.287 e. The number of carbonyl (C=O) groups is 1. The van der Waals surface area contributed by atoms with Crippen molar-refractivity contribution >= 4 is 30.6 Å². The van der Waals surface area contributed by atoms with Crippen LogP contribution in [0.15, 0.2) is 29.2 Å². The number of sulfone groups is 1. The van der Waals surface area contributed by atoms with Crippen LogP contribution in [0.4, 0.5) is 4.79 Å². The lowest BCUT2D eigenvalue weighted by Crippen LogP contribution is -2.19. The minimum absolute atomic E-state index is 0.249. The molecule has 0 radical (unpaired) electrons. The summed E-state index contributed by atoms with van der Waals surface area (Å²) in [5.74, 6) is 0. The van der Waals surface area contributed by atoms with Crippen molar-refractivity contribution in [3.63, 3.8) is 0 Å². The number of nitrogens with one attached hydrogen (secondary N) is 1. The molecule has 0 aromatic heterocycles. The molecule has 6 heteroatoms. The minimum atomic E-state index is -3.20. The molecule has 0 heterocycles. The smallest absolute Gasteiger partial charge is 0.287 e. The fourth-order valence-corrected chi connectivity index (χ4v) is 2.68. The Kier molecular flexibility index (Phi) is 5.34. The Bertz CT molecular complexity index is 509. The van der Waals surface area contributed by atoms with Crippen LogP contribution in [0.2, 0.25) is 0 Å². The second-order valence-corrected chi connectivity index (χ2v) is 7.41. The zero-order chi connectivity index (χ0) is 13.8. The molecule has 18 heavy (non-hydrogen) atoms. The van der Waals surface area contributed by atoms with E-state index in [-0.39, 0.29) is 4.82 Å². The van der Waals surface area contributed by atoms with E-state index in [1.165, 1.54) is 0 Å². The van der Waals surface area contributed by atoms with Gasteiger partial charge in [-0.25, -0.2) is 8.42 Å². The lowest BCUT2D eigenvalue weighted by atomic mass is 10.1. The number of hydrogen-bond acceptors (Lipinski definition) is 3. The lowest BCUT2D eigenvalue weighted by molar-refractivity contribution is 0.262. The van der Waals surface area contributed by atoms with Gasteiger partial charge in [0.15, 0.2) is 9.84 Å². The van der Waals surface area contributed by atoms with Crippen LogP contribution in [-0.2, 0) is 16.3 Å². The Hall–Kier alpha value is -0.880. The molecule has 0 spiro atoms. The number of hydrogen-bond donors (Lipinski definition) is 1. The van der Waals surface area contributed by atoms with Crippen LogP contribution >= 0.6 is 15.9 Å². The molecule has 0 bridgehead atoms. The van der Waals surface area contributed by atoms with Crippen molar-refractivity contribution in [2.24, 2.45) is 0 Å². The molecule has 0 aliphatic rings. The van der Waals surface area contributed by atoms with Crippen molar-refractivity contribution in [1.29, 1.82) is 0 Å². The summed E-state index contributed by atoms with van der Waals surface area (Å²) in [6, 6.07) is 6.77. The van der Waals surface area contributed by atoms with Gasteiger partial charge >= 0.3 is 0 Å². The van der Waals surface area contributed by atoms with Crippen molar-refractivity contribution in [3.05, 3.63) is 29.8 Å². The van der Waals surface area contributed by atoms with E-state index in [2.05, 4.69) is 21.2 Å². The van der Waals surface area contributed by atoms with Crippen molar-refractivity contribution in [2.75, 3.05) is 6.54 Å². The average Bonchev–Trinajstić information content (AvgIpc) is 2.29. The highest BCUT2D eigenvalue weighted by molar-refractivity contribution is 9.18. The quantitative estimate of drug-likeness (QED) is 0.665. The first-order chi connectivity index (χ1) is 8.34. The Balaban J connectivity index is 2.72. The van der Waals surface area contributed by atoms with E-state index in [4.69, 9.17) is 0 Å². The summed E-state index contributed by atoms with van der Waals surface area (Å²) in [5, 5.41) is 2.20. The second-order valence-electron chi connectivity index (χ2n) is 4.19. The third-order valence-corrected chi connectivity index (χ3v) is 5.00. The summed E-state index contributed by atoms with van der Waals surface area (Å²) in [7, 11) is -3.20. The first-order valence-electron chi connectivity index (χ1n) is 5.60. The Morgan fingerprint density at radius 3 is 2.28 bits per heavy atom. The van der Waals surface area contributed by atoms with Crippen LogP contribution in [0.5, 0.6) is 0 Å². The predicted octanol–water partition coefficient (Wildman–Crippen LogP) is 2.52. The van der Waals surface area contributed by atoms with Gasteiger partial charge in [-0.2, -0.15) is 0 Å². The van der Waals surface area contributed by atoms with E-state index in [0.29, 0.717) is 17.9 Å². The molecule has 1 aromatic carbocycles. The van der Waals surface area contributed by atoms with Crippen molar-refractivity contribution in [2.45, 2.75) is 30.4 Å². The maximum atomic E-state index is 11.9. The van der Waals surface area contributed by atoms with Gasteiger partial charge in [0.1, 0.15) is 0 Å². The number of rotatable bonds is 5. The summed E-state index contributed by atoms with van der Waals surface area (Å²) in [6.45, 7) is 3.84. The van der Waals surface area contributed by atoms with E-state index < -0.39 is 15.1 Å². The Morgan fingerprint density at radius 2 is 1.83 bits per heavy atom. The second kappa shape index (κ2) is 6.33. The Labute approximate surface area is 116 Å². The normalized spacial score (nSPS) is 11.6. The summed E-state index contributed by atoms with van der Waals surface area (Å²) in [5.41, 5.74) is 0.985. The van der Waals surface area contributed by atoms with Crippen molar-refractivity contribution < 1.29 is 13.2 Å². The van der Waals surface area contributed by atoms with Crippen LogP contribution in [-0.4, -0.2) is 25.0 Å². The molecule has 1 rings (SSSR count). The largest absolute Gasteiger partial charge is 0.346 e. The first-order valence-corrected chi connectivity index (χ1v) is 7.94. The maximum absolute atomic E-state index is 11.9. The predicted molar refractivity (Wildman–Crippen MR) is 74.8 cm³/mol. The molecule has 100 valence electrons. The van der Waals surface area contributed by atoms with Crippen LogP contribution in [0.1, 0.15) is 19.4 Å². The topological polar surface area (TPSA) is 63.2 Å². The van der Waals surface area contributed by atoms with E-state index >= 15 is 0 Å². The lowest BCUT2D eigenvalue weighted by Gasteiger charge is -2.08. The molecule has 0 atom stereocenters. The highest BCUT2D eigenvalue weighted by Crippen LogP contribution is 2.16. The zero-order valence-electron chi connectivity index (χ0n) is 10.3. The molecule has 0 aliphatic heterocycles. The van der Waals surface area contributed by atoms with Crippen LogP contribution in [0.3, 0.4) is 0 Å². The Morgan fingerprint density at radius 1 is 1.28 bits per heavy atom. The summed E-state index contributed by atoms with van der Waals surface area (Å²) < 4.78 is 23.8. The van der Waals surface area contributed by atoms with Crippen LogP contribution in [0, 0.1) is 0 Å². The monoisotopic (exact) mass is 333 g/mol. The molecular weight excluding hydrogens is 318 g/mol. The van der Waals surface area contributed by atoms with E-state index in [0.717, 1.165) is 5.56 Å². The molecule has 0 saturated carbocycles. The van der Waals surface area contributed by atoms with Gasteiger partial charge in [0.25, 0.3) is 4.82 Å². The van der Waals surface area contributed by atoms with Gasteiger partial charge < -0.3 is 5.32 Å². The van der Waals surface area contributed by atoms with Gasteiger partial charge in [0.2, 0.25) is 0 Å². The molecule has 1 amide bonds. The molecule has 4 nitrogen and oxygen atoms in total. The first kappa shape index (κ1) is 15.2. The summed E-state index contributed by atoms with van der Waals surface area (Å²) in [4.78, 5) is 10.7. The van der Waals surface area contributed by atoms with Gasteiger partial charge in [-0.1, -0.05) is 12.1 Å². The average molecular weight is 334 g/mol. The molecule has 0 unspecified atom stereocenters. The number of carbonyl (C=O) groups excluding carboxylic acids is 1.